The number of fused-ring (bicyclic) bond motifs is 1. The van der Waals surface area contributed by atoms with Gasteiger partial charge in [-0.05, 0) is 30.7 Å². The molecule has 2 heterocycles. The molecule has 0 spiro atoms. The molecule has 2 aromatic rings. The fourth-order valence-corrected chi connectivity index (χ4v) is 4.11. The minimum atomic E-state index is -0.956. The smallest absolute Gasteiger partial charge is 0.312 e. The van der Waals surface area contributed by atoms with E-state index in [4.69, 9.17) is 4.74 Å². The first-order chi connectivity index (χ1) is 14.0. The van der Waals surface area contributed by atoms with Crippen LogP contribution in [0.2, 0.25) is 0 Å². The van der Waals surface area contributed by atoms with Crippen molar-refractivity contribution in [3.8, 4) is 5.75 Å². The highest BCUT2D eigenvalue weighted by Crippen LogP contribution is 2.39. The lowest BCUT2D eigenvalue weighted by Gasteiger charge is -2.23. The van der Waals surface area contributed by atoms with Gasteiger partial charge in [-0.25, -0.2) is 0 Å². The Morgan fingerprint density at radius 2 is 1.76 bits per heavy atom. The van der Waals surface area contributed by atoms with Gasteiger partial charge in [0.25, 0.3) is 0 Å². The van der Waals surface area contributed by atoms with Crippen molar-refractivity contribution in [1.82, 2.24) is 0 Å². The maximum Gasteiger partial charge on any atom is 0.312 e. The topological polar surface area (TPSA) is 87.2 Å². The van der Waals surface area contributed by atoms with Gasteiger partial charge in [0, 0.05) is 25.2 Å². The highest BCUT2D eigenvalue weighted by Gasteiger charge is 2.43. The van der Waals surface area contributed by atoms with E-state index in [1.54, 1.807) is 41.3 Å². The number of carbonyl (C=O) groups is 3. The van der Waals surface area contributed by atoms with Gasteiger partial charge in [0.1, 0.15) is 11.7 Å². The Bertz CT molecular complexity index is 973. The van der Waals surface area contributed by atoms with Gasteiger partial charge in [-0.3, -0.25) is 14.4 Å². The highest BCUT2D eigenvalue weighted by atomic mass is 16.5. The van der Waals surface area contributed by atoms with Crippen LogP contribution in [0.1, 0.15) is 24.8 Å². The standard InChI is InChI=1S/C22H22N2O5/c1-2-29-19-10-6-5-9-18(19)23-12-14(11-20(23)25)21(26)24-13-16(22(27)28)15-7-3-4-8-17(15)24/h3-10,14,16H,2,11-13H2,1H3,(H,27,28). The molecule has 2 aliphatic rings. The first-order valence-electron chi connectivity index (χ1n) is 9.66. The SMILES string of the molecule is CCOc1ccccc1N1CC(C(=O)N2CC(C(=O)O)c3ccccc32)CC1=O. The van der Waals surface area contributed by atoms with E-state index in [0.717, 1.165) is 0 Å². The summed E-state index contributed by atoms with van der Waals surface area (Å²) in [6.45, 7) is 2.69. The number of carboxylic acid groups (broad SMARTS) is 1. The fraction of sp³-hybridized carbons (Fsp3) is 0.318. The van der Waals surface area contributed by atoms with Crippen molar-refractivity contribution in [2.45, 2.75) is 19.3 Å². The summed E-state index contributed by atoms with van der Waals surface area (Å²) in [4.78, 5) is 40.7. The van der Waals surface area contributed by atoms with Crippen LogP contribution >= 0.6 is 0 Å². The zero-order valence-electron chi connectivity index (χ0n) is 16.1. The van der Waals surface area contributed by atoms with Gasteiger partial charge in [0.15, 0.2) is 0 Å². The quantitative estimate of drug-likeness (QED) is 0.843. The molecule has 2 unspecified atom stereocenters. The number of aliphatic carboxylic acids is 1. The molecule has 4 rings (SSSR count). The molecule has 1 N–H and O–H groups in total. The summed E-state index contributed by atoms with van der Waals surface area (Å²) in [7, 11) is 0. The zero-order valence-corrected chi connectivity index (χ0v) is 16.1. The number of hydrogen-bond donors (Lipinski definition) is 1. The van der Waals surface area contributed by atoms with Crippen LogP contribution in [0.3, 0.4) is 0 Å². The molecule has 2 atom stereocenters. The number of nitrogens with zero attached hydrogens (tertiary/aromatic N) is 2. The maximum atomic E-state index is 13.2. The summed E-state index contributed by atoms with van der Waals surface area (Å²) in [5.74, 6) is -1.99. The second-order valence-corrected chi connectivity index (χ2v) is 7.20. The average Bonchev–Trinajstić information content (AvgIpc) is 3.29. The molecule has 2 amide bonds. The molecule has 0 aliphatic carbocycles. The second-order valence-electron chi connectivity index (χ2n) is 7.20. The lowest BCUT2D eigenvalue weighted by molar-refractivity contribution is -0.138. The minimum Gasteiger partial charge on any atom is -0.492 e. The third-order valence-electron chi connectivity index (χ3n) is 5.46. The van der Waals surface area contributed by atoms with Crippen LogP contribution in [-0.4, -0.2) is 42.6 Å². The molecule has 1 fully saturated rings. The van der Waals surface area contributed by atoms with Gasteiger partial charge in [-0.2, -0.15) is 0 Å². The number of para-hydroxylation sites is 3. The molecule has 150 valence electrons. The van der Waals surface area contributed by atoms with Gasteiger partial charge >= 0.3 is 5.97 Å². The summed E-state index contributed by atoms with van der Waals surface area (Å²) < 4.78 is 5.63. The van der Waals surface area contributed by atoms with Crippen LogP contribution in [0.15, 0.2) is 48.5 Å². The van der Waals surface area contributed by atoms with Gasteiger partial charge in [0.05, 0.1) is 18.2 Å². The second kappa shape index (κ2) is 7.58. The van der Waals surface area contributed by atoms with Crippen LogP contribution in [0.4, 0.5) is 11.4 Å². The monoisotopic (exact) mass is 394 g/mol. The van der Waals surface area contributed by atoms with Crippen LogP contribution in [-0.2, 0) is 14.4 Å². The molecule has 2 aliphatic heterocycles. The third-order valence-corrected chi connectivity index (χ3v) is 5.46. The number of amides is 2. The van der Waals surface area contributed by atoms with E-state index in [9.17, 15) is 19.5 Å². The van der Waals surface area contributed by atoms with E-state index in [2.05, 4.69) is 0 Å². The van der Waals surface area contributed by atoms with Crippen molar-refractivity contribution in [3.63, 3.8) is 0 Å². The molecular formula is C22H22N2O5. The molecular weight excluding hydrogens is 372 g/mol. The number of anilines is 2. The highest BCUT2D eigenvalue weighted by molar-refractivity contribution is 6.06. The predicted octanol–water partition coefficient (Wildman–Crippen LogP) is 2.65. The summed E-state index contributed by atoms with van der Waals surface area (Å²) in [6.07, 6.45) is 0.0930. The van der Waals surface area contributed by atoms with Crippen LogP contribution in [0.25, 0.3) is 0 Å². The molecule has 7 heteroatoms. The summed E-state index contributed by atoms with van der Waals surface area (Å²) in [5, 5.41) is 9.52. The summed E-state index contributed by atoms with van der Waals surface area (Å²) >= 11 is 0. The largest absolute Gasteiger partial charge is 0.492 e. The van der Waals surface area contributed by atoms with E-state index >= 15 is 0 Å². The molecule has 0 aromatic heterocycles. The Hall–Kier alpha value is -3.35. The summed E-state index contributed by atoms with van der Waals surface area (Å²) in [6, 6.07) is 14.3. The van der Waals surface area contributed by atoms with Crippen LogP contribution in [0, 0.1) is 5.92 Å². The Kier molecular flexibility index (Phi) is 4.96. The lowest BCUT2D eigenvalue weighted by Crippen LogP contribution is -2.37. The third kappa shape index (κ3) is 3.33. The van der Waals surface area contributed by atoms with Crippen molar-refractivity contribution in [1.29, 1.82) is 0 Å². The molecule has 0 radical (unpaired) electrons. The predicted molar refractivity (Wildman–Crippen MR) is 107 cm³/mol. The van der Waals surface area contributed by atoms with Crippen molar-refractivity contribution in [2.24, 2.45) is 5.92 Å². The lowest BCUT2D eigenvalue weighted by atomic mass is 10.0. The molecule has 0 saturated carbocycles. The van der Waals surface area contributed by atoms with Crippen molar-refractivity contribution >= 4 is 29.2 Å². The van der Waals surface area contributed by atoms with Gasteiger partial charge in [0.2, 0.25) is 11.8 Å². The molecule has 2 aromatic carbocycles. The van der Waals surface area contributed by atoms with Crippen molar-refractivity contribution < 1.29 is 24.2 Å². The van der Waals surface area contributed by atoms with Gasteiger partial charge in [-0.1, -0.05) is 30.3 Å². The Balaban J connectivity index is 1.57. The zero-order chi connectivity index (χ0) is 20.5. The van der Waals surface area contributed by atoms with E-state index in [0.29, 0.717) is 29.3 Å². The van der Waals surface area contributed by atoms with Crippen molar-refractivity contribution in [3.05, 3.63) is 54.1 Å². The minimum absolute atomic E-state index is 0.0910. The first-order valence-corrected chi connectivity index (χ1v) is 9.66. The van der Waals surface area contributed by atoms with Crippen LogP contribution in [0.5, 0.6) is 5.75 Å². The Morgan fingerprint density at radius 1 is 1.07 bits per heavy atom. The number of benzene rings is 2. The summed E-state index contributed by atoms with van der Waals surface area (Å²) in [5.41, 5.74) is 1.90. The fourth-order valence-electron chi connectivity index (χ4n) is 4.11. The van der Waals surface area contributed by atoms with E-state index in [-0.39, 0.29) is 31.3 Å². The van der Waals surface area contributed by atoms with E-state index in [1.165, 1.54) is 4.90 Å². The maximum absolute atomic E-state index is 13.2. The van der Waals surface area contributed by atoms with Gasteiger partial charge in [-0.15, -0.1) is 0 Å². The number of rotatable bonds is 5. The van der Waals surface area contributed by atoms with Gasteiger partial charge < -0.3 is 19.6 Å². The number of carboxylic acids is 1. The van der Waals surface area contributed by atoms with E-state index < -0.39 is 17.8 Å². The normalized spacial score (nSPS) is 20.7. The first kappa shape index (κ1) is 19.0. The number of hydrogen-bond acceptors (Lipinski definition) is 4. The number of carbonyl (C=O) groups excluding carboxylic acids is 2. The average molecular weight is 394 g/mol. The van der Waals surface area contributed by atoms with Crippen molar-refractivity contribution in [2.75, 3.05) is 29.5 Å². The number of ether oxygens (including phenoxy) is 1. The van der Waals surface area contributed by atoms with E-state index in [1.807, 2.05) is 19.1 Å². The molecule has 1 saturated heterocycles. The Labute approximate surface area is 168 Å². The molecule has 7 nitrogen and oxygen atoms in total. The van der Waals surface area contributed by atoms with Crippen LogP contribution < -0.4 is 14.5 Å². The Morgan fingerprint density at radius 3 is 2.48 bits per heavy atom. The molecule has 0 bridgehead atoms. The molecule has 29 heavy (non-hydrogen) atoms.